The SMILES string of the molecule is CCCCc1ccc(C(=O)O)c(NS(C)(=O)=O)c1. The van der Waals surface area contributed by atoms with Crippen molar-refractivity contribution in [2.24, 2.45) is 0 Å². The van der Waals surface area contributed by atoms with Gasteiger partial charge in [-0.2, -0.15) is 0 Å². The molecule has 0 aliphatic rings. The Hall–Kier alpha value is -1.56. The molecule has 1 aromatic carbocycles. The van der Waals surface area contributed by atoms with Crippen LogP contribution >= 0.6 is 0 Å². The molecule has 5 nitrogen and oxygen atoms in total. The molecule has 0 atom stereocenters. The number of anilines is 1. The zero-order valence-corrected chi connectivity index (χ0v) is 11.3. The third-order valence-electron chi connectivity index (χ3n) is 2.43. The Morgan fingerprint density at radius 1 is 1.39 bits per heavy atom. The van der Waals surface area contributed by atoms with E-state index in [2.05, 4.69) is 11.6 Å². The summed E-state index contributed by atoms with van der Waals surface area (Å²) < 4.78 is 24.6. The minimum absolute atomic E-state index is 0.0410. The maximum Gasteiger partial charge on any atom is 0.337 e. The quantitative estimate of drug-likeness (QED) is 0.830. The fraction of sp³-hybridized carbons (Fsp3) is 0.417. The molecule has 0 fully saturated rings. The van der Waals surface area contributed by atoms with E-state index in [-0.39, 0.29) is 11.3 Å². The van der Waals surface area contributed by atoms with E-state index in [0.717, 1.165) is 31.1 Å². The van der Waals surface area contributed by atoms with E-state index in [4.69, 9.17) is 5.11 Å². The normalized spacial score (nSPS) is 11.2. The van der Waals surface area contributed by atoms with Crippen LogP contribution in [0.5, 0.6) is 0 Å². The Labute approximate surface area is 107 Å². The second-order valence-electron chi connectivity index (χ2n) is 4.16. The van der Waals surface area contributed by atoms with Crippen molar-refractivity contribution in [3.05, 3.63) is 29.3 Å². The molecule has 6 heteroatoms. The van der Waals surface area contributed by atoms with Gasteiger partial charge in [-0.3, -0.25) is 4.72 Å². The summed E-state index contributed by atoms with van der Waals surface area (Å²) in [7, 11) is -3.48. The van der Waals surface area contributed by atoms with Crippen LogP contribution in [0.1, 0.15) is 35.7 Å². The molecular weight excluding hydrogens is 254 g/mol. The second kappa shape index (κ2) is 5.86. The number of aromatic carboxylic acids is 1. The van der Waals surface area contributed by atoms with Crippen molar-refractivity contribution in [2.45, 2.75) is 26.2 Å². The van der Waals surface area contributed by atoms with E-state index < -0.39 is 16.0 Å². The highest BCUT2D eigenvalue weighted by molar-refractivity contribution is 7.92. The highest BCUT2D eigenvalue weighted by atomic mass is 32.2. The van der Waals surface area contributed by atoms with E-state index >= 15 is 0 Å². The van der Waals surface area contributed by atoms with Gasteiger partial charge in [-0.15, -0.1) is 0 Å². The molecule has 0 saturated heterocycles. The van der Waals surface area contributed by atoms with Gasteiger partial charge in [0.05, 0.1) is 17.5 Å². The summed E-state index contributed by atoms with van der Waals surface area (Å²) in [6, 6.07) is 4.73. The number of hydrogen-bond donors (Lipinski definition) is 2. The summed E-state index contributed by atoms with van der Waals surface area (Å²) in [6.45, 7) is 2.06. The maximum absolute atomic E-state index is 11.2. The van der Waals surface area contributed by atoms with Gasteiger partial charge in [0.1, 0.15) is 0 Å². The van der Waals surface area contributed by atoms with Crippen LogP contribution in [0.3, 0.4) is 0 Å². The predicted octanol–water partition coefficient (Wildman–Crippen LogP) is 2.10. The van der Waals surface area contributed by atoms with Crippen molar-refractivity contribution >= 4 is 21.7 Å². The van der Waals surface area contributed by atoms with Crippen LogP contribution in [0.15, 0.2) is 18.2 Å². The van der Waals surface area contributed by atoms with Crippen molar-refractivity contribution in [3.63, 3.8) is 0 Å². The van der Waals surface area contributed by atoms with Gasteiger partial charge in [0.15, 0.2) is 0 Å². The zero-order chi connectivity index (χ0) is 13.8. The van der Waals surface area contributed by atoms with Gasteiger partial charge in [-0.1, -0.05) is 19.4 Å². The van der Waals surface area contributed by atoms with Crippen LogP contribution in [0.2, 0.25) is 0 Å². The molecule has 2 N–H and O–H groups in total. The van der Waals surface area contributed by atoms with Crippen molar-refractivity contribution in [1.29, 1.82) is 0 Å². The molecule has 1 rings (SSSR count). The molecule has 0 unspecified atom stereocenters. The average Bonchev–Trinajstić information content (AvgIpc) is 2.23. The monoisotopic (exact) mass is 271 g/mol. The van der Waals surface area contributed by atoms with Gasteiger partial charge in [-0.05, 0) is 30.5 Å². The molecule has 1 aromatic rings. The molecule has 0 heterocycles. The summed E-state index contributed by atoms with van der Waals surface area (Å²) in [6.07, 6.45) is 3.80. The molecule has 0 aromatic heterocycles. The van der Waals surface area contributed by atoms with E-state index in [0.29, 0.717) is 0 Å². The Morgan fingerprint density at radius 3 is 2.56 bits per heavy atom. The van der Waals surface area contributed by atoms with Crippen molar-refractivity contribution < 1.29 is 18.3 Å². The van der Waals surface area contributed by atoms with Crippen molar-refractivity contribution in [3.8, 4) is 0 Å². The standard InChI is InChI=1S/C12H17NO4S/c1-3-4-5-9-6-7-10(12(14)15)11(8-9)13-18(2,16)17/h6-8,13H,3-5H2,1-2H3,(H,14,15). The number of carboxylic acids is 1. The minimum Gasteiger partial charge on any atom is -0.478 e. The molecule has 0 aliphatic carbocycles. The first kappa shape index (κ1) is 14.5. The molecule has 18 heavy (non-hydrogen) atoms. The summed E-state index contributed by atoms with van der Waals surface area (Å²) in [5, 5.41) is 8.99. The summed E-state index contributed by atoms with van der Waals surface area (Å²) in [5.41, 5.74) is 1.01. The van der Waals surface area contributed by atoms with E-state index in [1.807, 2.05) is 0 Å². The van der Waals surface area contributed by atoms with Crippen LogP contribution in [0, 0.1) is 0 Å². The first-order valence-corrected chi connectivity index (χ1v) is 7.56. The second-order valence-corrected chi connectivity index (χ2v) is 5.91. The van der Waals surface area contributed by atoms with Gasteiger partial charge in [0.2, 0.25) is 10.0 Å². The number of nitrogens with one attached hydrogen (secondary N) is 1. The number of carboxylic acid groups (broad SMARTS) is 1. The van der Waals surface area contributed by atoms with Crippen LogP contribution in [0.25, 0.3) is 0 Å². The summed E-state index contributed by atoms with van der Waals surface area (Å²) >= 11 is 0. The van der Waals surface area contributed by atoms with Crippen LogP contribution in [-0.2, 0) is 16.4 Å². The number of hydrogen-bond acceptors (Lipinski definition) is 3. The Morgan fingerprint density at radius 2 is 2.06 bits per heavy atom. The number of carbonyl (C=O) groups is 1. The molecule has 0 spiro atoms. The van der Waals surface area contributed by atoms with Crippen LogP contribution in [-0.4, -0.2) is 25.7 Å². The van der Waals surface area contributed by atoms with Crippen LogP contribution in [0.4, 0.5) is 5.69 Å². The largest absolute Gasteiger partial charge is 0.478 e. The van der Waals surface area contributed by atoms with Gasteiger partial charge in [0, 0.05) is 0 Å². The fourth-order valence-electron chi connectivity index (χ4n) is 1.60. The number of sulfonamides is 1. The van der Waals surface area contributed by atoms with Crippen molar-refractivity contribution in [1.82, 2.24) is 0 Å². The molecular formula is C12H17NO4S. The summed E-state index contributed by atoms with van der Waals surface area (Å²) in [5.74, 6) is -1.15. The Bertz CT molecular complexity index is 537. The average molecular weight is 271 g/mol. The topological polar surface area (TPSA) is 83.5 Å². The highest BCUT2D eigenvalue weighted by Gasteiger charge is 2.13. The van der Waals surface area contributed by atoms with Gasteiger partial charge in [0.25, 0.3) is 0 Å². The molecule has 0 radical (unpaired) electrons. The lowest BCUT2D eigenvalue weighted by Gasteiger charge is -2.10. The van der Waals surface area contributed by atoms with E-state index in [1.54, 1.807) is 12.1 Å². The van der Waals surface area contributed by atoms with Crippen LogP contribution < -0.4 is 4.72 Å². The Balaban J connectivity index is 3.11. The Kier molecular flexibility index (Phi) is 4.72. The summed E-state index contributed by atoms with van der Waals surface area (Å²) in [4.78, 5) is 11.0. The predicted molar refractivity (Wildman–Crippen MR) is 70.5 cm³/mol. The third-order valence-corrected chi connectivity index (χ3v) is 3.02. The zero-order valence-electron chi connectivity index (χ0n) is 10.4. The number of benzene rings is 1. The van der Waals surface area contributed by atoms with E-state index in [9.17, 15) is 13.2 Å². The van der Waals surface area contributed by atoms with E-state index in [1.165, 1.54) is 6.07 Å². The number of rotatable bonds is 6. The van der Waals surface area contributed by atoms with Gasteiger partial charge < -0.3 is 5.11 Å². The van der Waals surface area contributed by atoms with Gasteiger partial charge in [-0.25, -0.2) is 13.2 Å². The molecule has 0 amide bonds. The number of aryl methyl sites for hydroxylation is 1. The maximum atomic E-state index is 11.2. The first-order chi connectivity index (χ1) is 8.33. The lowest BCUT2D eigenvalue weighted by molar-refractivity contribution is 0.0698. The molecule has 0 saturated carbocycles. The number of unbranched alkanes of at least 4 members (excludes halogenated alkanes) is 1. The smallest absolute Gasteiger partial charge is 0.337 e. The third kappa shape index (κ3) is 4.37. The lowest BCUT2D eigenvalue weighted by atomic mass is 10.0. The minimum atomic E-state index is -3.48. The fourth-order valence-corrected chi connectivity index (χ4v) is 2.17. The first-order valence-electron chi connectivity index (χ1n) is 5.67. The van der Waals surface area contributed by atoms with Crippen molar-refractivity contribution in [2.75, 3.05) is 11.0 Å². The van der Waals surface area contributed by atoms with Gasteiger partial charge >= 0.3 is 5.97 Å². The lowest BCUT2D eigenvalue weighted by Crippen LogP contribution is -2.13. The molecule has 100 valence electrons. The molecule has 0 aliphatic heterocycles. The molecule has 0 bridgehead atoms. The highest BCUT2D eigenvalue weighted by Crippen LogP contribution is 2.20.